The highest BCUT2D eigenvalue weighted by molar-refractivity contribution is 7.13. The van der Waals surface area contributed by atoms with Crippen molar-refractivity contribution in [3.8, 4) is 16.3 Å². The maximum Gasteiger partial charge on any atom is 0.275 e. The second kappa shape index (κ2) is 8.67. The number of carbonyl (C=O) groups is 1. The Labute approximate surface area is 171 Å². The average Bonchev–Trinajstić information content (AvgIpc) is 3.25. The number of amides is 1. The summed E-state index contributed by atoms with van der Waals surface area (Å²) in [6.07, 6.45) is 0. The molecule has 0 atom stereocenters. The summed E-state index contributed by atoms with van der Waals surface area (Å²) in [6.45, 7) is 0.340. The first-order chi connectivity index (χ1) is 14.2. The topological polar surface area (TPSA) is 51.2 Å². The van der Waals surface area contributed by atoms with Crippen LogP contribution in [0.3, 0.4) is 0 Å². The van der Waals surface area contributed by atoms with Gasteiger partial charge in [-0.25, -0.2) is 9.37 Å². The van der Waals surface area contributed by atoms with E-state index in [0.717, 1.165) is 21.8 Å². The van der Waals surface area contributed by atoms with Gasteiger partial charge in [0.25, 0.3) is 5.91 Å². The molecule has 1 amide bonds. The molecule has 0 saturated heterocycles. The predicted molar refractivity (Wildman–Crippen MR) is 113 cm³/mol. The van der Waals surface area contributed by atoms with Gasteiger partial charge < -0.3 is 10.1 Å². The van der Waals surface area contributed by atoms with Crippen molar-refractivity contribution >= 4 is 22.9 Å². The van der Waals surface area contributed by atoms with Crippen LogP contribution < -0.4 is 10.1 Å². The smallest absolute Gasteiger partial charge is 0.275 e. The minimum atomic E-state index is -0.272. The number of hydrogen-bond donors (Lipinski definition) is 1. The molecular formula is C23H17FN2O2S. The monoisotopic (exact) mass is 404 g/mol. The molecule has 4 nitrogen and oxygen atoms in total. The highest BCUT2D eigenvalue weighted by Gasteiger charge is 2.12. The molecule has 6 heteroatoms. The predicted octanol–water partition coefficient (Wildman–Crippen LogP) is 5.78. The summed E-state index contributed by atoms with van der Waals surface area (Å²) in [7, 11) is 0. The highest BCUT2D eigenvalue weighted by atomic mass is 32.1. The van der Waals surface area contributed by atoms with Crippen molar-refractivity contribution in [1.82, 2.24) is 4.98 Å². The number of thiazole rings is 1. The second-order valence-electron chi connectivity index (χ2n) is 6.30. The van der Waals surface area contributed by atoms with Crippen LogP contribution in [0.15, 0.2) is 84.2 Å². The van der Waals surface area contributed by atoms with Gasteiger partial charge in [-0.3, -0.25) is 4.79 Å². The molecule has 4 aromatic rings. The number of halogens is 1. The first-order valence-electron chi connectivity index (χ1n) is 8.97. The first-order valence-corrected chi connectivity index (χ1v) is 9.85. The van der Waals surface area contributed by atoms with E-state index in [1.807, 2.05) is 54.6 Å². The molecule has 0 radical (unpaired) electrons. The molecule has 1 aromatic heterocycles. The quantitative estimate of drug-likeness (QED) is 0.443. The molecule has 0 fully saturated rings. The standard InChI is InChI=1S/C23H17FN2O2S/c24-18-11-9-16(10-12-18)14-28-20-8-4-5-17(13-20)23-26-21(15-29-23)22(27)25-19-6-2-1-3-7-19/h1-13,15H,14H2,(H,25,27). The number of nitrogens with zero attached hydrogens (tertiary/aromatic N) is 1. The summed E-state index contributed by atoms with van der Waals surface area (Å²) < 4.78 is 18.8. The lowest BCUT2D eigenvalue weighted by atomic mass is 10.2. The van der Waals surface area contributed by atoms with Crippen LogP contribution in [-0.4, -0.2) is 10.9 Å². The van der Waals surface area contributed by atoms with E-state index in [2.05, 4.69) is 10.3 Å². The zero-order valence-corrected chi connectivity index (χ0v) is 16.2. The van der Waals surface area contributed by atoms with Crippen LogP contribution in [0.2, 0.25) is 0 Å². The van der Waals surface area contributed by atoms with Crippen molar-refractivity contribution in [3.05, 3.63) is 101 Å². The van der Waals surface area contributed by atoms with Gasteiger partial charge in [0.15, 0.2) is 0 Å². The maximum absolute atomic E-state index is 13.0. The van der Waals surface area contributed by atoms with Crippen LogP contribution in [-0.2, 0) is 6.61 Å². The van der Waals surface area contributed by atoms with Crippen molar-refractivity contribution in [2.24, 2.45) is 0 Å². The molecule has 1 N–H and O–H groups in total. The molecule has 0 bridgehead atoms. The second-order valence-corrected chi connectivity index (χ2v) is 7.16. The Morgan fingerprint density at radius 1 is 1.00 bits per heavy atom. The molecule has 0 spiro atoms. The normalized spacial score (nSPS) is 10.5. The summed E-state index contributed by atoms with van der Waals surface area (Å²) in [5.41, 5.74) is 2.84. The van der Waals surface area contributed by atoms with Crippen molar-refractivity contribution in [1.29, 1.82) is 0 Å². The van der Waals surface area contributed by atoms with E-state index in [1.54, 1.807) is 17.5 Å². The van der Waals surface area contributed by atoms with Crippen molar-refractivity contribution in [2.75, 3.05) is 5.32 Å². The molecule has 0 aliphatic heterocycles. The molecule has 0 aliphatic carbocycles. The van der Waals surface area contributed by atoms with Gasteiger partial charge in [-0.1, -0.05) is 42.5 Å². The Kier molecular flexibility index (Phi) is 5.63. The number of ether oxygens (including phenoxy) is 1. The Morgan fingerprint density at radius 3 is 2.59 bits per heavy atom. The molecule has 29 heavy (non-hydrogen) atoms. The van der Waals surface area contributed by atoms with Crippen LogP contribution in [0, 0.1) is 5.82 Å². The van der Waals surface area contributed by atoms with Gasteiger partial charge >= 0.3 is 0 Å². The third kappa shape index (κ3) is 4.86. The third-order valence-electron chi connectivity index (χ3n) is 4.17. The van der Waals surface area contributed by atoms with Crippen LogP contribution in [0.4, 0.5) is 10.1 Å². The molecule has 144 valence electrons. The fourth-order valence-corrected chi connectivity index (χ4v) is 3.49. The van der Waals surface area contributed by atoms with E-state index in [1.165, 1.54) is 23.5 Å². The molecule has 4 rings (SSSR count). The lowest BCUT2D eigenvalue weighted by Crippen LogP contribution is -2.12. The minimum absolute atomic E-state index is 0.248. The van der Waals surface area contributed by atoms with Gasteiger partial charge in [0.1, 0.15) is 28.9 Å². The van der Waals surface area contributed by atoms with Crippen LogP contribution in [0.25, 0.3) is 10.6 Å². The Balaban J connectivity index is 1.44. The molecule has 3 aromatic carbocycles. The van der Waals surface area contributed by atoms with Crippen LogP contribution in [0.1, 0.15) is 16.1 Å². The highest BCUT2D eigenvalue weighted by Crippen LogP contribution is 2.27. The number of anilines is 1. The Morgan fingerprint density at radius 2 is 1.79 bits per heavy atom. The molecule has 0 aliphatic rings. The first kappa shape index (κ1) is 18.8. The zero-order valence-electron chi connectivity index (χ0n) is 15.3. The average molecular weight is 404 g/mol. The van der Waals surface area contributed by atoms with E-state index < -0.39 is 0 Å². The third-order valence-corrected chi connectivity index (χ3v) is 5.06. The summed E-state index contributed by atoms with van der Waals surface area (Å²) in [5, 5.41) is 5.30. The van der Waals surface area contributed by atoms with E-state index in [9.17, 15) is 9.18 Å². The van der Waals surface area contributed by atoms with Crippen LogP contribution in [0.5, 0.6) is 5.75 Å². The lowest BCUT2D eigenvalue weighted by Gasteiger charge is -2.07. The fourth-order valence-electron chi connectivity index (χ4n) is 2.69. The van der Waals surface area contributed by atoms with E-state index in [4.69, 9.17) is 4.74 Å². The van der Waals surface area contributed by atoms with Gasteiger partial charge in [-0.05, 0) is 42.0 Å². The molecule has 0 saturated carbocycles. The summed E-state index contributed by atoms with van der Waals surface area (Å²) in [4.78, 5) is 16.8. The van der Waals surface area contributed by atoms with Gasteiger partial charge in [-0.15, -0.1) is 11.3 Å². The van der Waals surface area contributed by atoms with Gasteiger partial charge in [0.05, 0.1) is 0 Å². The largest absolute Gasteiger partial charge is 0.489 e. The number of para-hydroxylation sites is 1. The number of hydrogen-bond acceptors (Lipinski definition) is 4. The maximum atomic E-state index is 13.0. The molecule has 1 heterocycles. The van der Waals surface area contributed by atoms with Gasteiger partial charge in [-0.2, -0.15) is 0 Å². The zero-order chi connectivity index (χ0) is 20.1. The van der Waals surface area contributed by atoms with E-state index in [0.29, 0.717) is 18.1 Å². The molecule has 0 unspecified atom stereocenters. The van der Waals surface area contributed by atoms with E-state index in [-0.39, 0.29) is 11.7 Å². The molecular weight excluding hydrogens is 387 g/mol. The van der Waals surface area contributed by atoms with Gasteiger partial charge in [0, 0.05) is 16.6 Å². The van der Waals surface area contributed by atoms with Gasteiger partial charge in [0.2, 0.25) is 0 Å². The fraction of sp³-hybridized carbons (Fsp3) is 0.0435. The Hall–Kier alpha value is -3.51. The number of nitrogens with one attached hydrogen (secondary N) is 1. The number of aromatic nitrogens is 1. The number of benzene rings is 3. The minimum Gasteiger partial charge on any atom is -0.489 e. The summed E-state index contributed by atoms with van der Waals surface area (Å²) in [5.74, 6) is 0.159. The van der Waals surface area contributed by atoms with Crippen molar-refractivity contribution in [3.63, 3.8) is 0 Å². The SMILES string of the molecule is O=C(Nc1ccccc1)c1csc(-c2cccc(OCc3ccc(F)cc3)c2)n1. The van der Waals surface area contributed by atoms with Crippen molar-refractivity contribution < 1.29 is 13.9 Å². The van der Waals surface area contributed by atoms with Crippen LogP contribution >= 0.6 is 11.3 Å². The summed E-state index contributed by atoms with van der Waals surface area (Å²) >= 11 is 1.40. The van der Waals surface area contributed by atoms with E-state index >= 15 is 0 Å². The Bertz CT molecular complexity index is 1110. The lowest BCUT2D eigenvalue weighted by molar-refractivity contribution is 0.102. The number of carbonyl (C=O) groups excluding carboxylic acids is 1. The number of rotatable bonds is 6. The van der Waals surface area contributed by atoms with Crippen molar-refractivity contribution in [2.45, 2.75) is 6.61 Å². The summed E-state index contributed by atoms with van der Waals surface area (Å²) in [6, 6.07) is 23.0.